The third-order valence-corrected chi connectivity index (χ3v) is 3.72. The molecule has 0 aliphatic heterocycles. The highest BCUT2D eigenvalue weighted by molar-refractivity contribution is 5.57. The maximum Gasteiger partial charge on any atom is 0.258 e. The van der Waals surface area contributed by atoms with Crippen LogP contribution in [-0.4, -0.2) is 24.9 Å². The van der Waals surface area contributed by atoms with Crippen LogP contribution in [0.4, 0.5) is 10.2 Å². The van der Waals surface area contributed by atoms with Crippen LogP contribution in [0.5, 0.6) is 0 Å². The van der Waals surface area contributed by atoms with Gasteiger partial charge in [0.1, 0.15) is 11.6 Å². The topological polar surface area (TPSA) is 81.7 Å². The molecule has 0 unspecified atom stereocenters. The Morgan fingerprint density at radius 2 is 2.15 bits per heavy atom. The number of halogens is 1. The lowest BCUT2D eigenvalue weighted by Crippen LogP contribution is -2.00. The molecule has 7 nitrogen and oxygen atoms in total. The van der Waals surface area contributed by atoms with Gasteiger partial charge in [0.25, 0.3) is 5.89 Å². The van der Waals surface area contributed by atoms with E-state index < -0.39 is 0 Å². The quantitative estimate of drug-likeness (QED) is 0.594. The zero-order valence-corrected chi connectivity index (χ0v) is 13.9. The highest BCUT2D eigenvalue weighted by Gasteiger charge is 2.08. The van der Waals surface area contributed by atoms with Crippen molar-refractivity contribution in [3.8, 4) is 17.1 Å². The zero-order valence-electron chi connectivity index (χ0n) is 13.9. The molecule has 0 spiro atoms. The summed E-state index contributed by atoms with van der Waals surface area (Å²) < 4.78 is 20.1. The monoisotopic (exact) mass is 350 g/mol. The largest absolute Gasteiger partial charge is 0.366 e. The molecule has 26 heavy (non-hydrogen) atoms. The molecule has 0 aliphatic carbocycles. The molecule has 0 saturated heterocycles. The van der Waals surface area contributed by atoms with Gasteiger partial charge in [-0.05, 0) is 37.3 Å². The molecule has 0 radical (unpaired) electrons. The van der Waals surface area contributed by atoms with Crippen LogP contribution >= 0.6 is 0 Å². The van der Waals surface area contributed by atoms with Gasteiger partial charge < -0.3 is 9.84 Å². The number of benzene rings is 1. The molecular weight excluding hydrogens is 335 g/mol. The number of hydrogen-bond acceptors (Lipinski definition) is 6. The van der Waals surface area contributed by atoms with Crippen molar-refractivity contribution in [2.24, 2.45) is 0 Å². The van der Waals surface area contributed by atoms with E-state index in [4.69, 9.17) is 4.52 Å². The van der Waals surface area contributed by atoms with Crippen LogP contribution in [-0.2, 0) is 6.54 Å². The van der Waals surface area contributed by atoms with Gasteiger partial charge in [-0.3, -0.25) is 0 Å². The molecule has 0 amide bonds. The fourth-order valence-electron chi connectivity index (χ4n) is 2.48. The van der Waals surface area contributed by atoms with Crippen molar-refractivity contribution < 1.29 is 8.91 Å². The van der Waals surface area contributed by atoms with Gasteiger partial charge in [-0.15, -0.1) is 0 Å². The molecule has 8 heteroatoms. The summed E-state index contributed by atoms with van der Waals surface area (Å²) in [5, 5.41) is 11.3. The first kappa shape index (κ1) is 15.9. The van der Waals surface area contributed by atoms with Crippen LogP contribution in [0.15, 0.2) is 59.5 Å². The lowest BCUT2D eigenvalue weighted by molar-refractivity contribution is 0.425. The summed E-state index contributed by atoms with van der Waals surface area (Å²) in [6, 6.07) is 9.92. The number of anilines is 1. The number of nitrogens with one attached hydrogen (secondary N) is 1. The van der Waals surface area contributed by atoms with Crippen molar-refractivity contribution in [2.75, 3.05) is 5.32 Å². The maximum atomic E-state index is 13.3. The third kappa shape index (κ3) is 3.44. The predicted molar refractivity (Wildman–Crippen MR) is 93.1 cm³/mol. The molecule has 130 valence electrons. The van der Waals surface area contributed by atoms with Gasteiger partial charge in [-0.1, -0.05) is 11.2 Å². The van der Waals surface area contributed by atoms with Gasteiger partial charge in [-0.2, -0.15) is 10.1 Å². The van der Waals surface area contributed by atoms with Crippen molar-refractivity contribution in [3.05, 3.63) is 72.2 Å². The van der Waals surface area contributed by atoms with E-state index >= 15 is 0 Å². The van der Waals surface area contributed by atoms with Crippen molar-refractivity contribution in [1.29, 1.82) is 0 Å². The molecule has 0 saturated carbocycles. The average molecular weight is 350 g/mol. The second-order valence-electron chi connectivity index (χ2n) is 5.70. The Kier molecular flexibility index (Phi) is 4.14. The lowest BCUT2D eigenvalue weighted by atomic mass is 10.2. The van der Waals surface area contributed by atoms with E-state index in [1.165, 1.54) is 12.1 Å². The minimum atomic E-state index is -0.296. The standard InChI is InChI=1S/C18H15FN6O/c1-12-23-18(26-24-12)14-5-6-20-17(7-14)21-9-13-10-22-25(11-13)16-4-2-3-15(19)8-16/h2-8,10-11H,9H2,1H3,(H,20,21). The number of nitrogens with zero attached hydrogens (tertiary/aromatic N) is 5. The Morgan fingerprint density at radius 1 is 1.23 bits per heavy atom. The van der Waals surface area contributed by atoms with E-state index in [1.54, 1.807) is 42.2 Å². The number of hydrogen-bond donors (Lipinski definition) is 1. The zero-order chi connectivity index (χ0) is 17.9. The van der Waals surface area contributed by atoms with E-state index in [0.717, 1.165) is 11.1 Å². The normalized spacial score (nSPS) is 10.8. The molecule has 1 N–H and O–H groups in total. The molecule has 0 bridgehead atoms. The third-order valence-electron chi connectivity index (χ3n) is 3.72. The summed E-state index contributed by atoms with van der Waals surface area (Å²) in [5.41, 5.74) is 2.40. The van der Waals surface area contributed by atoms with Crippen LogP contribution in [0.3, 0.4) is 0 Å². The van der Waals surface area contributed by atoms with E-state index in [9.17, 15) is 4.39 Å². The number of aryl methyl sites for hydroxylation is 1. The molecule has 3 aromatic heterocycles. The SMILES string of the molecule is Cc1noc(-c2ccnc(NCc3cnn(-c4cccc(F)c4)c3)c2)n1. The average Bonchev–Trinajstić information content (AvgIpc) is 3.29. The van der Waals surface area contributed by atoms with Gasteiger partial charge >= 0.3 is 0 Å². The fraction of sp³-hybridized carbons (Fsp3) is 0.111. The van der Waals surface area contributed by atoms with Gasteiger partial charge in [0, 0.05) is 30.1 Å². The second kappa shape index (κ2) is 6.75. The summed E-state index contributed by atoms with van der Waals surface area (Å²) in [6.45, 7) is 2.29. The van der Waals surface area contributed by atoms with Gasteiger partial charge in [0.05, 0.1) is 11.9 Å². The number of pyridine rings is 1. The Labute approximate surface area is 148 Å². The number of aromatic nitrogens is 5. The Morgan fingerprint density at radius 3 is 2.96 bits per heavy atom. The van der Waals surface area contributed by atoms with E-state index in [-0.39, 0.29) is 5.82 Å². The van der Waals surface area contributed by atoms with Gasteiger partial charge in [-0.25, -0.2) is 14.1 Å². The molecule has 0 atom stereocenters. The Bertz CT molecular complexity index is 1040. The van der Waals surface area contributed by atoms with Crippen LogP contribution in [0, 0.1) is 12.7 Å². The molecule has 0 fully saturated rings. The van der Waals surface area contributed by atoms with Crippen LogP contribution in [0.25, 0.3) is 17.1 Å². The smallest absolute Gasteiger partial charge is 0.258 e. The van der Waals surface area contributed by atoms with E-state index in [2.05, 4.69) is 25.5 Å². The van der Waals surface area contributed by atoms with Crippen molar-refractivity contribution in [3.63, 3.8) is 0 Å². The summed E-state index contributed by atoms with van der Waals surface area (Å²) in [7, 11) is 0. The summed E-state index contributed by atoms with van der Waals surface area (Å²) >= 11 is 0. The summed E-state index contributed by atoms with van der Waals surface area (Å²) in [5.74, 6) is 1.41. The minimum absolute atomic E-state index is 0.296. The van der Waals surface area contributed by atoms with Crippen molar-refractivity contribution in [1.82, 2.24) is 24.9 Å². The summed E-state index contributed by atoms with van der Waals surface area (Å²) in [6.07, 6.45) is 5.24. The number of rotatable bonds is 5. The molecule has 3 heterocycles. The van der Waals surface area contributed by atoms with E-state index in [0.29, 0.717) is 29.8 Å². The molecule has 1 aromatic carbocycles. The first-order chi connectivity index (χ1) is 12.7. The van der Waals surface area contributed by atoms with E-state index in [1.807, 2.05) is 12.3 Å². The highest BCUT2D eigenvalue weighted by Crippen LogP contribution is 2.19. The minimum Gasteiger partial charge on any atom is -0.366 e. The molecule has 4 rings (SSSR count). The van der Waals surface area contributed by atoms with Crippen LogP contribution < -0.4 is 5.32 Å². The first-order valence-electron chi connectivity index (χ1n) is 7.97. The lowest BCUT2D eigenvalue weighted by Gasteiger charge is -2.04. The van der Waals surface area contributed by atoms with Crippen molar-refractivity contribution in [2.45, 2.75) is 13.5 Å². The first-order valence-corrected chi connectivity index (χ1v) is 7.97. The van der Waals surface area contributed by atoms with Gasteiger partial charge in [0.2, 0.25) is 0 Å². The maximum absolute atomic E-state index is 13.3. The molecule has 0 aliphatic rings. The predicted octanol–water partition coefficient (Wildman–Crippen LogP) is 3.38. The fourth-order valence-corrected chi connectivity index (χ4v) is 2.48. The second-order valence-corrected chi connectivity index (χ2v) is 5.70. The Hall–Kier alpha value is -3.55. The van der Waals surface area contributed by atoms with Crippen LogP contribution in [0.2, 0.25) is 0 Å². The summed E-state index contributed by atoms with van der Waals surface area (Å²) in [4.78, 5) is 8.49. The van der Waals surface area contributed by atoms with Gasteiger partial charge in [0.15, 0.2) is 5.82 Å². The van der Waals surface area contributed by atoms with Crippen molar-refractivity contribution >= 4 is 5.82 Å². The van der Waals surface area contributed by atoms with Crippen LogP contribution in [0.1, 0.15) is 11.4 Å². The molecule has 4 aromatic rings. The highest BCUT2D eigenvalue weighted by atomic mass is 19.1. The Balaban J connectivity index is 1.46. The molecular formula is C18H15FN6O.